The van der Waals surface area contributed by atoms with Crippen LogP contribution in [0.4, 0.5) is 0 Å². The van der Waals surface area contributed by atoms with E-state index in [0.717, 1.165) is 42.3 Å². The van der Waals surface area contributed by atoms with Crippen molar-refractivity contribution < 1.29 is 9.59 Å². The number of nitrogens with zero attached hydrogens (tertiary/aromatic N) is 2. The second-order valence-corrected chi connectivity index (χ2v) is 6.57. The summed E-state index contributed by atoms with van der Waals surface area (Å²) in [7, 11) is 3.71. The zero-order valence-corrected chi connectivity index (χ0v) is 14.1. The number of likely N-dealkylation sites (N-methyl/N-ethyl adjacent to an activating group) is 1. The van der Waals surface area contributed by atoms with Crippen LogP contribution in [0.2, 0.25) is 0 Å². The van der Waals surface area contributed by atoms with Gasteiger partial charge in [-0.1, -0.05) is 37.5 Å². The van der Waals surface area contributed by atoms with Crippen molar-refractivity contribution in [3.8, 4) is 0 Å². The van der Waals surface area contributed by atoms with Crippen molar-refractivity contribution in [2.24, 2.45) is 7.05 Å². The molecule has 0 radical (unpaired) electrons. The second-order valence-electron chi connectivity index (χ2n) is 6.57. The van der Waals surface area contributed by atoms with Crippen LogP contribution < -0.4 is 0 Å². The topological polar surface area (TPSA) is 42.3 Å². The van der Waals surface area contributed by atoms with Crippen LogP contribution in [0.5, 0.6) is 0 Å². The molecule has 0 N–H and O–H groups in total. The predicted molar refractivity (Wildman–Crippen MR) is 91.6 cm³/mol. The Kier molecular flexibility index (Phi) is 4.24. The molecule has 2 aromatic rings. The Hall–Kier alpha value is -2.10. The fraction of sp³-hybridized carbons (Fsp3) is 0.474. The first-order valence-corrected chi connectivity index (χ1v) is 8.38. The molecule has 23 heavy (non-hydrogen) atoms. The van der Waals surface area contributed by atoms with Crippen molar-refractivity contribution in [2.45, 2.75) is 45.1 Å². The fourth-order valence-electron chi connectivity index (χ4n) is 3.71. The van der Waals surface area contributed by atoms with E-state index < -0.39 is 0 Å². The first-order chi connectivity index (χ1) is 11.0. The zero-order valence-electron chi connectivity index (χ0n) is 14.1. The molecule has 0 atom stereocenters. The van der Waals surface area contributed by atoms with E-state index >= 15 is 0 Å². The summed E-state index contributed by atoms with van der Waals surface area (Å²) in [6.07, 6.45) is 5.52. The summed E-state index contributed by atoms with van der Waals surface area (Å²) in [5, 5.41) is 0.864. The van der Waals surface area contributed by atoms with E-state index in [4.69, 9.17) is 0 Å². The van der Waals surface area contributed by atoms with Gasteiger partial charge in [0.2, 0.25) is 0 Å². The van der Waals surface area contributed by atoms with Gasteiger partial charge in [-0.05, 0) is 25.8 Å². The highest BCUT2D eigenvalue weighted by molar-refractivity contribution is 6.45. The maximum Gasteiger partial charge on any atom is 0.295 e. The second kappa shape index (κ2) is 6.19. The van der Waals surface area contributed by atoms with Gasteiger partial charge in [-0.3, -0.25) is 9.59 Å². The summed E-state index contributed by atoms with van der Waals surface area (Å²) in [6.45, 7) is 1.90. The summed E-state index contributed by atoms with van der Waals surface area (Å²) >= 11 is 0. The van der Waals surface area contributed by atoms with E-state index in [0.29, 0.717) is 5.56 Å². The van der Waals surface area contributed by atoms with Crippen LogP contribution in [-0.2, 0) is 11.8 Å². The molecule has 3 rings (SSSR count). The van der Waals surface area contributed by atoms with Crippen molar-refractivity contribution in [2.75, 3.05) is 7.05 Å². The lowest BCUT2D eigenvalue weighted by Crippen LogP contribution is -2.42. The Morgan fingerprint density at radius 3 is 2.48 bits per heavy atom. The molecule has 1 saturated carbocycles. The van der Waals surface area contributed by atoms with E-state index in [-0.39, 0.29) is 17.7 Å². The molecular formula is C19H24N2O2. The number of ketones is 1. The molecule has 4 heteroatoms. The molecule has 1 amide bonds. The van der Waals surface area contributed by atoms with Gasteiger partial charge in [0.05, 0.1) is 5.56 Å². The highest BCUT2D eigenvalue weighted by atomic mass is 16.2. The van der Waals surface area contributed by atoms with Gasteiger partial charge < -0.3 is 9.47 Å². The van der Waals surface area contributed by atoms with Gasteiger partial charge in [0, 0.05) is 36.7 Å². The van der Waals surface area contributed by atoms with Crippen molar-refractivity contribution in [3.05, 3.63) is 35.5 Å². The number of carbonyl (C=O) groups excluding carboxylic acids is 2. The molecule has 1 aliphatic carbocycles. The lowest BCUT2D eigenvalue weighted by Gasteiger charge is -2.30. The normalized spacial score (nSPS) is 15.8. The van der Waals surface area contributed by atoms with Gasteiger partial charge in [0.1, 0.15) is 0 Å². The number of aryl methyl sites for hydroxylation is 1. The first-order valence-electron chi connectivity index (χ1n) is 8.38. The van der Waals surface area contributed by atoms with Crippen LogP contribution in [0.25, 0.3) is 10.9 Å². The number of benzene rings is 1. The lowest BCUT2D eigenvalue weighted by atomic mass is 9.94. The summed E-state index contributed by atoms with van der Waals surface area (Å²) in [5.74, 6) is -0.760. The number of amides is 1. The molecular weight excluding hydrogens is 288 g/mol. The molecule has 1 heterocycles. The third-order valence-electron chi connectivity index (χ3n) is 5.26. The minimum Gasteiger partial charge on any atom is -0.347 e. The van der Waals surface area contributed by atoms with E-state index in [9.17, 15) is 9.59 Å². The number of aromatic nitrogens is 1. The third-order valence-corrected chi connectivity index (χ3v) is 5.26. The Balaban J connectivity index is 1.94. The monoisotopic (exact) mass is 312 g/mol. The van der Waals surface area contributed by atoms with Crippen LogP contribution in [0.15, 0.2) is 24.3 Å². The SMILES string of the molecule is Cc1c(C(=O)C(=O)N(C)C2CCCCC2)c2ccccc2n1C. The molecule has 0 spiro atoms. The van der Waals surface area contributed by atoms with Gasteiger partial charge in [0.15, 0.2) is 0 Å². The van der Waals surface area contributed by atoms with Crippen molar-refractivity contribution >= 4 is 22.6 Å². The van der Waals surface area contributed by atoms with Gasteiger partial charge in [-0.15, -0.1) is 0 Å². The Labute approximate surface area is 137 Å². The van der Waals surface area contributed by atoms with Crippen molar-refractivity contribution in [1.29, 1.82) is 0 Å². The molecule has 1 aliphatic rings. The largest absolute Gasteiger partial charge is 0.347 e. The van der Waals surface area contributed by atoms with Gasteiger partial charge >= 0.3 is 0 Å². The summed E-state index contributed by atoms with van der Waals surface area (Å²) < 4.78 is 1.98. The summed E-state index contributed by atoms with van der Waals surface area (Å²) in [5.41, 5.74) is 2.39. The molecule has 0 bridgehead atoms. The summed E-state index contributed by atoms with van der Waals surface area (Å²) in [4.78, 5) is 27.3. The minimum absolute atomic E-state index is 0.204. The van der Waals surface area contributed by atoms with E-state index in [1.807, 2.05) is 42.8 Å². The van der Waals surface area contributed by atoms with E-state index in [1.54, 1.807) is 11.9 Å². The number of hydrogen-bond donors (Lipinski definition) is 0. The average Bonchev–Trinajstić information content (AvgIpc) is 2.85. The molecule has 1 aromatic heterocycles. The Morgan fingerprint density at radius 1 is 1.13 bits per heavy atom. The van der Waals surface area contributed by atoms with Gasteiger partial charge in [-0.25, -0.2) is 0 Å². The maximum atomic E-state index is 12.9. The molecule has 0 saturated heterocycles. The number of fused-ring (bicyclic) bond motifs is 1. The highest BCUT2D eigenvalue weighted by Crippen LogP contribution is 2.27. The average molecular weight is 312 g/mol. The molecule has 0 aliphatic heterocycles. The standard InChI is InChI=1S/C19H24N2O2/c1-13-17(15-11-7-8-12-16(15)20(13)2)18(22)19(23)21(3)14-9-5-4-6-10-14/h7-8,11-12,14H,4-6,9-10H2,1-3H3. The van der Waals surface area contributed by atoms with E-state index in [2.05, 4.69) is 0 Å². The highest BCUT2D eigenvalue weighted by Gasteiger charge is 2.30. The number of Topliss-reactive ketones (excluding diaryl/α,β-unsaturated/α-hetero) is 1. The number of rotatable bonds is 3. The van der Waals surface area contributed by atoms with Gasteiger partial charge in [-0.2, -0.15) is 0 Å². The summed E-state index contributed by atoms with van der Waals surface area (Å²) in [6, 6.07) is 7.97. The van der Waals surface area contributed by atoms with Crippen LogP contribution in [0, 0.1) is 6.92 Å². The van der Waals surface area contributed by atoms with Crippen molar-refractivity contribution in [1.82, 2.24) is 9.47 Å². The Bertz CT molecular complexity index is 754. The smallest absolute Gasteiger partial charge is 0.295 e. The zero-order chi connectivity index (χ0) is 16.6. The van der Waals surface area contributed by atoms with Crippen molar-refractivity contribution in [3.63, 3.8) is 0 Å². The predicted octanol–water partition coefficient (Wildman–Crippen LogP) is 3.46. The number of hydrogen-bond acceptors (Lipinski definition) is 2. The quantitative estimate of drug-likeness (QED) is 0.643. The lowest BCUT2D eigenvalue weighted by molar-refractivity contribution is -0.127. The fourth-order valence-corrected chi connectivity index (χ4v) is 3.71. The van der Waals surface area contributed by atoms with E-state index in [1.165, 1.54) is 6.42 Å². The molecule has 4 nitrogen and oxygen atoms in total. The molecule has 1 aromatic carbocycles. The first kappa shape index (κ1) is 15.8. The number of para-hydroxylation sites is 1. The van der Waals surface area contributed by atoms with Crippen LogP contribution >= 0.6 is 0 Å². The third kappa shape index (κ3) is 2.67. The Morgan fingerprint density at radius 2 is 1.78 bits per heavy atom. The molecule has 0 unspecified atom stereocenters. The minimum atomic E-state index is -0.382. The van der Waals surface area contributed by atoms with Crippen LogP contribution in [0.3, 0.4) is 0 Å². The van der Waals surface area contributed by atoms with Crippen LogP contribution in [-0.4, -0.2) is 34.2 Å². The number of carbonyl (C=O) groups is 2. The maximum absolute atomic E-state index is 12.9. The molecule has 122 valence electrons. The molecule has 1 fully saturated rings. The van der Waals surface area contributed by atoms with Gasteiger partial charge in [0.25, 0.3) is 11.7 Å². The van der Waals surface area contributed by atoms with Crippen LogP contribution in [0.1, 0.15) is 48.2 Å².